The van der Waals surface area contributed by atoms with Crippen LogP contribution in [0.25, 0.3) is 0 Å². The molecule has 1 N–H and O–H groups in total. The van der Waals surface area contributed by atoms with Gasteiger partial charge in [0, 0.05) is 31.7 Å². The van der Waals surface area contributed by atoms with Gasteiger partial charge in [0.1, 0.15) is 0 Å². The highest BCUT2D eigenvalue weighted by Gasteiger charge is 2.32. The topological polar surface area (TPSA) is 49.4 Å². The van der Waals surface area contributed by atoms with Crippen molar-refractivity contribution in [3.63, 3.8) is 0 Å². The Morgan fingerprint density at radius 2 is 1.81 bits per heavy atom. The van der Waals surface area contributed by atoms with Gasteiger partial charge in [-0.3, -0.25) is 4.90 Å². The molecule has 0 spiro atoms. The van der Waals surface area contributed by atoms with Gasteiger partial charge in [0.15, 0.2) is 9.84 Å². The van der Waals surface area contributed by atoms with E-state index in [1.54, 1.807) is 13.8 Å². The molecule has 1 saturated heterocycles. The lowest BCUT2D eigenvalue weighted by Gasteiger charge is -2.44. The summed E-state index contributed by atoms with van der Waals surface area (Å²) < 4.78 is 24.2. The number of hydrogen-bond donors (Lipinski definition) is 1. The molecule has 1 fully saturated rings. The van der Waals surface area contributed by atoms with E-state index in [2.05, 4.69) is 37.9 Å². The Bertz CT molecular complexity index is 407. The van der Waals surface area contributed by atoms with E-state index < -0.39 is 9.84 Å². The highest BCUT2D eigenvalue weighted by Crippen LogP contribution is 2.20. The van der Waals surface area contributed by atoms with Crippen LogP contribution in [-0.4, -0.2) is 56.0 Å². The third-order valence-corrected chi connectivity index (χ3v) is 7.16. The molecule has 21 heavy (non-hydrogen) atoms. The van der Waals surface area contributed by atoms with E-state index in [1.807, 2.05) is 0 Å². The summed E-state index contributed by atoms with van der Waals surface area (Å²) >= 11 is 0. The average Bonchev–Trinajstić information content (AvgIpc) is 2.43. The van der Waals surface area contributed by atoms with Crippen LogP contribution in [0.1, 0.15) is 48.0 Å². The summed E-state index contributed by atoms with van der Waals surface area (Å²) in [5.74, 6) is 1.45. The van der Waals surface area contributed by atoms with Crippen molar-refractivity contribution in [3.8, 4) is 0 Å². The summed E-state index contributed by atoms with van der Waals surface area (Å²) in [6, 6.07) is 0.916. The van der Waals surface area contributed by atoms with Gasteiger partial charge in [0.2, 0.25) is 0 Å². The third kappa shape index (κ3) is 5.22. The Balaban J connectivity index is 2.75. The number of piperazine rings is 1. The molecule has 0 saturated carbocycles. The number of sulfone groups is 1. The molecule has 3 atom stereocenters. The van der Waals surface area contributed by atoms with Gasteiger partial charge < -0.3 is 5.32 Å². The lowest BCUT2D eigenvalue weighted by Crippen LogP contribution is -2.60. The first-order chi connectivity index (χ1) is 9.69. The van der Waals surface area contributed by atoms with Crippen LogP contribution < -0.4 is 5.32 Å². The number of hydrogen-bond acceptors (Lipinski definition) is 4. The first-order valence-electron chi connectivity index (χ1n) is 8.38. The first-order valence-corrected chi connectivity index (χ1v) is 10.1. The lowest BCUT2D eigenvalue weighted by atomic mass is 9.92. The molecule has 0 aliphatic carbocycles. The zero-order valence-corrected chi connectivity index (χ0v) is 15.4. The second kappa shape index (κ2) is 7.93. The first kappa shape index (κ1) is 18.9. The molecule has 126 valence electrons. The van der Waals surface area contributed by atoms with Crippen molar-refractivity contribution in [2.24, 2.45) is 11.8 Å². The smallest absolute Gasteiger partial charge is 0.153 e. The molecular weight excluding hydrogens is 284 g/mol. The molecule has 0 bridgehead atoms. The highest BCUT2D eigenvalue weighted by atomic mass is 32.2. The second-order valence-corrected chi connectivity index (χ2v) is 9.80. The number of nitrogens with zero attached hydrogens (tertiary/aromatic N) is 1. The summed E-state index contributed by atoms with van der Waals surface area (Å²) in [5.41, 5.74) is 0. The average molecular weight is 319 g/mol. The summed E-state index contributed by atoms with van der Waals surface area (Å²) in [4.78, 5) is 2.41. The summed E-state index contributed by atoms with van der Waals surface area (Å²) in [6.45, 7) is 15.1. The number of nitrogens with one attached hydrogen (secondary N) is 1. The Morgan fingerprint density at radius 3 is 2.29 bits per heavy atom. The fourth-order valence-corrected chi connectivity index (χ4v) is 3.83. The van der Waals surface area contributed by atoms with Crippen molar-refractivity contribution < 1.29 is 8.42 Å². The zero-order chi connectivity index (χ0) is 16.2. The van der Waals surface area contributed by atoms with Crippen molar-refractivity contribution in [2.75, 3.05) is 25.4 Å². The Morgan fingerprint density at radius 1 is 1.19 bits per heavy atom. The minimum Gasteiger partial charge on any atom is -0.311 e. The maximum Gasteiger partial charge on any atom is 0.153 e. The van der Waals surface area contributed by atoms with E-state index in [4.69, 9.17) is 0 Å². The molecule has 0 radical (unpaired) electrons. The van der Waals surface area contributed by atoms with Crippen molar-refractivity contribution in [1.29, 1.82) is 0 Å². The van der Waals surface area contributed by atoms with E-state index in [-0.39, 0.29) is 11.0 Å². The molecule has 1 aliphatic rings. The molecule has 0 aromatic rings. The molecule has 1 heterocycles. The van der Waals surface area contributed by atoms with Gasteiger partial charge in [0.25, 0.3) is 0 Å². The molecule has 0 aromatic heterocycles. The van der Waals surface area contributed by atoms with Crippen LogP contribution in [0.4, 0.5) is 0 Å². The SMILES string of the molecule is CCC(C)C1CNC(C(C)C)CN1CCS(=O)(=O)C(C)C. The van der Waals surface area contributed by atoms with E-state index in [1.165, 1.54) is 0 Å². The van der Waals surface area contributed by atoms with Gasteiger partial charge in [-0.1, -0.05) is 34.1 Å². The van der Waals surface area contributed by atoms with Gasteiger partial charge >= 0.3 is 0 Å². The largest absolute Gasteiger partial charge is 0.311 e. The van der Waals surface area contributed by atoms with Crippen molar-refractivity contribution >= 4 is 9.84 Å². The normalized spacial score (nSPS) is 26.5. The van der Waals surface area contributed by atoms with Crippen molar-refractivity contribution in [2.45, 2.75) is 65.3 Å². The van der Waals surface area contributed by atoms with Crippen molar-refractivity contribution in [3.05, 3.63) is 0 Å². The van der Waals surface area contributed by atoms with Gasteiger partial charge in [-0.2, -0.15) is 0 Å². The lowest BCUT2D eigenvalue weighted by molar-refractivity contribution is 0.0849. The molecule has 1 rings (SSSR count). The minimum absolute atomic E-state index is 0.275. The van der Waals surface area contributed by atoms with Crippen LogP contribution in [0.2, 0.25) is 0 Å². The summed E-state index contributed by atoms with van der Waals surface area (Å²) in [6.07, 6.45) is 1.13. The highest BCUT2D eigenvalue weighted by molar-refractivity contribution is 7.92. The molecule has 5 heteroatoms. The molecule has 0 amide bonds. The molecule has 0 aromatic carbocycles. The predicted molar refractivity (Wildman–Crippen MR) is 90.4 cm³/mol. The van der Waals surface area contributed by atoms with E-state index in [0.717, 1.165) is 19.5 Å². The van der Waals surface area contributed by atoms with E-state index in [9.17, 15) is 8.42 Å². The minimum atomic E-state index is -2.95. The fraction of sp³-hybridized carbons (Fsp3) is 1.00. The van der Waals surface area contributed by atoms with E-state index in [0.29, 0.717) is 30.5 Å². The molecule has 4 nitrogen and oxygen atoms in total. The predicted octanol–water partition coefficient (Wildman–Crippen LogP) is 2.15. The van der Waals surface area contributed by atoms with Crippen LogP contribution in [0.5, 0.6) is 0 Å². The summed E-state index contributed by atoms with van der Waals surface area (Å²) in [7, 11) is -2.95. The Kier molecular flexibility index (Phi) is 7.14. The van der Waals surface area contributed by atoms with Crippen LogP contribution in [0.3, 0.4) is 0 Å². The van der Waals surface area contributed by atoms with Crippen LogP contribution in [-0.2, 0) is 9.84 Å². The molecule has 3 unspecified atom stereocenters. The Labute approximate surface area is 131 Å². The third-order valence-electron chi connectivity index (χ3n) is 4.98. The second-order valence-electron chi connectivity index (χ2n) is 7.12. The number of rotatable bonds is 7. The van der Waals surface area contributed by atoms with Gasteiger partial charge in [-0.15, -0.1) is 0 Å². The standard InChI is InChI=1S/C16H34N2O2S/c1-7-14(6)16-10-17-15(12(2)3)11-18(16)8-9-21(19,20)13(4)5/h12-17H,7-11H2,1-6H3. The summed E-state index contributed by atoms with van der Waals surface area (Å²) in [5, 5.41) is 3.37. The maximum atomic E-state index is 12.1. The van der Waals surface area contributed by atoms with Crippen LogP contribution in [0.15, 0.2) is 0 Å². The van der Waals surface area contributed by atoms with Gasteiger partial charge in [-0.25, -0.2) is 8.42 Å². The fourth-order valence-electron chi connectivity index (χ4n) is 2.87. The van der Waals surface area contributed by atoms with Crippen LogP contribution in [0, 0.1) is 11.8 Å². The van der Waals surface area contributed by atoms with E-state index >= 15 is 0 Å². The van der Waals surface area contributed by atoms with Gasteiger partial charge in [-0.05, 0) is 25.7 Å². The zero-order valence-electron chi connectivity index (χ0n) is 14.6. The monoisotopic (exact) mass is 318 g/mol. The Hall–Kier alpha value is -0.130. The molecular formula is C16H34N2O2S. The van der Waals surface area contributed by atoms with Crippen LogP contribution >= 0.6 is 0 Å². The molecule has 1 aliphatic heterocycles. The van der Waals surface area contributed by atoms with Gasteiger partial charge in [0.05, 0.1) is 11.0 Å². The quantitative estimate of drug-likeness (QED) is 0.781. The van der Waals surface area contributed by atoms with Crippen molar-refractivity contribution in [1.82, 2.24) is 10.2 Å². The maximum absolute atomic E-state index is 12.1.